The van der Waals surface area contributed by atoms with Gasteiger partial charge in [-0.2, -0.15) is 0 Å². The van der Waals surface area contributed by atoms with Crippen LogP contribution in [0.4, 0.5) is 0 Å². The number of aliphatic hydroxyl groups excluding tert-OH is 16. The Bertz CT molecular complexity index is 2680. The van der Waals surface area contributed by atoms with Gasteiger partial charge in [0.2, 0.25) is 0 Å². The summed E-state index contributed by atoms with van der Waals surface area (Å²) in [4.78, 5) is 14.6. The fourth-order valence-corrected chi connectivity index (χ4v) is 19.1. The van der Waals surface area contributed by atoms with Gasteiger partial charge in [0.05, 0.1) is 50.7 Å². The summed E-state index contributed by atoms with van der Waals surface area (Å²) in [5, 5.41) is 177. The van der Waals surface area contributed by atoms with E-state index in [0.29, 0.717) is 25.2 Å². The molecule has 10 fully saturated rings. The van der Waals surface area contributed by atoms with Crippen molar-refractivity contribution in [2.45, 2.75) is 309 Å². The molecule has 3 saturated carbocycles. The van der Waals surface area contributed by atoms with Gasteiger partial charge in [-0.25, -0.2) is 0 Å². The number of carbonyl (C=O) groups is 1. The molecule has 0 aromatic heterocycles. The normalized spacial score (nSPS) is 53.0. The Balaban J connectivity index is 0.830. The van der Waals surface area contributed by atoms with Gasteiger partial charge in [0, 0.05) is 13.0 Å². The first kappa shape index (κ1) is 76.2. The van der Waals surface area contributed by atoms with Crippen molar-refractivity contribution >= 4 is 5.97 Å². The molecule has 0 amide bonds. The number of ether oxygens (including phenoxy) is 14. The van der Waals surface area contributed by atoms with E-state index >= 15 is 0 Å². The highest BCUT2D eigenvalue weighted by Gasteiger charge is 2.76. The number of fused-ring (bicyclic) bond motifs is 4. The van der Waals surface area contributed by atoms with Crippen molar-refractivity contribution in [1.29, 1.82) is 0 Å². The van der Waals surface area contributed by atoms with Crippen LogP contribution in [0.2, 0.25) is 0 Å². The quantitative estimate of drug-likeness (QED) is 0.0299. The summed E-state index contributed by atoms with van der Waals surface area (Å²) in [6.45, 7) is 13.0. The van der Waals surface area contributed by atoms with Gasteiger partial charge in [-0.3, -0.25) is 4.79 Å². The maximum Gasteiger partial charge on any atom is 0.313 e. The second-order valence-electron chi connectivity index (χ2n) is 30.9. The third kappa shape index (κ3) is 13.3. The summed E-state index contributed by atoms with van der Waals surface area (Å²) in [5.74, 6) is 0.729. The predicted octanol–water partition coefficient (Wildman–Crippen LogP) is -3.66. The van der Waals surface area contributed by atoms with E-state index in [1.165, 1.54) is 19.6 Å². The zero-order valence-corrected chi connectivity index (χ0v) is 56.6. The van der Waals surface area contributed by atoms with E-state index in [1.54, 1.807) is 0 Å². The number of carbonyl (C=O) groups excluding carboxylic acids is 1. The van der Waals surface area contributed by atoms with Crippen LogP contribution in [-0.2, 0) is 71.1 Å². The van der Waals surface area contributed by atoms with Crippen LogP contribution in [0.1, 0.15) is 120 Å². The molecule has 0 aromatic carbocycles. The third-order valence-electron chi connectivity index (χ3n) is 24.6. The van der Waals surface area contributed by atoms with Crippen molar-refractivity contribution in [2.75, 3.05) is 40.1 Å². The molecule has 37 atom stereocenters. The number of aliphatic hydroxyl groups is 16. The molecule has 7 heterocycles. The number of hydrogen-bond acceptors (Lipinski definition) is 31. The molecule has 11 aliphatic rings. The number of cyclic esters (lactones) is 1. The average Bonchev–Trinajstić information content (AvgIpc) is 1.54. The van der Waals surface area contributed by atoms with Gasteiger partial charge in [-0.1, -0.05) is 59.6 Å². The molecule has 1 spiro atoms. The predicted molar refractivity (Wildman–Crippen MR) is 326 cm³/mol. The number of rotatable bonds is 21. The molecule has 31 heteroatoms. The number of methoxy groups -OCH3 is 1. The molecule has 7 aliphatic heterocycles. The Morgan fingerprint density at radius 1 is 0.515 bits per heavy atom. The van der Waals surface area contributed by atoms with Gasteiger partial charge in [0.1, 0.15) is 140 Å². The van der Waals surface area contributed by atoms with Crippen molar-refractivity contribution in [3.8, 4) is 0 Å². The summed E-state index contributed by atoms with van der Waals surface area (Å²) in [7, 11) is 1.18. The molecule has 31 nitrogen and oxygen atoms in total. The summed E-state index contributed by atoms with van der Waals surface area (Å²) < 4.78 is 84.7. The first-order valence-electron chi connectivity index (χ1n) is 34.7. The lowest BCUT2D eigenvalue weighted by Crippen LogP contribution is -2.67. The Morgan fingerprint density at radius 2 is 1.02 bits per heavy atom. The van der Waals surface area contributed by atoms with Crippen LogP contribution in [0, 0.1) is 45.3 Å². The van der Waals surface area contributed by atoms with Gasteiger partial charge in [-0.15, -0.1) is 0 Å². The van der Waals surface area contributed by atoms with Crippen molar-refractivity contribution in [1.82, 2.24) is 0 Å². The minimum Gasteiger partial charge on any atom is -0.459 e. The van der Waals surface area contributed by atoms with Crippen molar-refractivity contribution < 1.29 is 153 Å². The molecule has 3 unspecified atom stereocenters. The Morgan fingerprint density at radius 3 is 1.59 bits per heavy atom. The molecule has 7 saturated heterocycles. The van der Waals surface area contributed by atoms with Gasteiger partial charge in [0.15, 0.2) is 37.7 Å². The van der Waals surface area contributed by atoms with Crippen LogP contribution in [0.5, 0.6) is 0 Å². The first-order valence-corrected chi connectivity index (χ1v) is 34.7. The molecular formula is C66H108O31. The van der Waals surface area contributed by atoms with Gasteiger partial charge >= 0.3 is 5.97 Å². The molecular weight excluding hydrogens is 1290 g/mol. The molecule has 558 valence electrons. The lowest BCUT2D eigenvalue weighted by molar-refractivity contribution is -0.397. The molecule has 11 rings (SSSR count). The van der Waals surface area contributed by atoms with Gasteiger partial charge in [-0.05, 0) is 106 Å². The van der Waals surface area contributed by atoms with E-state index in [-0.39, 0.29) is 34.6 Å². The second-order valence-corrected chi connectivity index (χ2v) is 30.9. The maximum absolute atomic E-state index is 14.6. The molecule has 97 heavy (non-hydrogen) atoms. The van der Waals surface area contributed by atoms with E-state index < -0.39 is 234 Å². The first-order chi connectivity index (χ1) is 45.8. The zero-order valence-electron chi connectivity index (χ0n) is 56.6. The summed E-state index contributed by atoms with van der Waals surface area (Å²) in [5.41, 5.74) is -1.08. The third-order valence-corrected chi connectivity index (χ3v) is 24.6. The lowest BCUT2D eigenvalue weighted by atomic mass is 9.41. The number of hydrogen-bond donors (Lipinski definition) is 16. The maximum atomic E-state index is 14.6. The van der Waals surface area contributed by atoms with E-state index in [2.05, 4.69) is 54.5 Å². The monoisotopic (exact) mass is 1400 g/mol. The molecule has 0 aromatic rings. The molecule has 16 N–H and O–H groups in total. The van der Waals surface area contributed by atoms with Crippen LogP contribution < -0.4 is 0 Å². The van der Waals surface area contributed by atoms with Crippen LogP contribution in [-0.4, -0.2) is 318 Å². The average molecular weight is 1400 g/mol. The molecule has 4 aliphatic carbocycles. The van der Waals surface area contributed by atoms with Gasteiger partial charge < -0.3 is 148 Å². The Kier molecular flexibility index (Phi) is 23.2. The SMILES string of the molecule is CO[C@@H]1[C@@H](O)[C@H](O[C@@H]2[C@@H](O)[C@H](O[C@H]3[C@H](O)[C@@H](O)[C@H](O[C@H]4[C@H](O[C@H]5CC[C@]6(C)C7=CCC89C(=O)O[C@@](C)(CCCC(C)C)[C@H]8CC[C@@]9(C)C7CCC6C5(C)C)OC[C@@H](O[C@@H]5O[C@H](CO)[C@@H](O)[C@H](O[C@@H]6O[C@H](CO)[C@@H](O)[C@H](O)[C@H]6O)[C@H]5O)[C@@H]4O)O[C@@H]3C)O[C@H](CO)[C@H]2O)O[C@H](CO)[C@H]1O. The van der Waals surface area contributed by atoms with Crippen molar-refractivity contribution in [3.05, 3.63) is 11.6 Å². The summed E-state index contributed by atoms with van der Waals surface area (Å²) in [6, 6.07) is 0. The van der Waals surface area contributed by atoms with Crippen LogP contribution in [0.3, 0.4) is 0 Å². The zero-order chi connectivity index (χ0) is 70.5. The van der Waals surface area contributed by atoms with Crippen molar-refractivity contribution in [3.63, 3.8) is 0 Å². The minimum atomic E-state index is -2.07. The van der Waals surface area contributed by atoms with E-state index in [0.717, 1.165) is 44.9 Å². The van der Waals surface area contributed by atoms with Gasteiger partial charge in [0.25, 0.3) is 0 Å². The topological polar surface area (TPSA) is 470 Å². The lowest BCUT2D eigenvalue weighted by Gasteiger charge is -2.63. The Hall–Kier alpha value is -1.95. The molecule has 0 radical (unpaired) electrons. The summed E-state index contributed by atoms with van der Waals surface area (Å²) in [6.07, 6.45) is -40.5. The second kappa shape index (κ2) is 29.5. The van der Waals surface area contributed by atoms with Crippen LogP contribution >= 0.6 is 0 Å². The highest BCUT2D eigenvalue weighted by Crippen LogP contribution is 2.76. The fraction of sp³-hybridized carbons (Fsp3) is 0.955. The fourth-order valence-electron chi connectivity index (χ4n) is 19.1. The number of esters is 1. The number of allylic oxidation sites excluding steroid dienone is 2. The van der Waals surface area contributed by atoms with Crippen molar-refractivity contribution in [2.24, 2.45) is 45.3 Å². The standard InChI is InChI=1S/C66H108O31/c1-26(2)11-10-17-65(8)36-15-19-64(7)29-12-13-35-62(4,5)37(16-18-63(35,6)28(29)14-20-66(36,64)61(83)97-65)92-60-54(42(75)34(25-85-60)91-57-48(81)52(40(73)32(23-69)88-57)94-56-45(78)43(76)38(71)30(21-67)87-56)96-55-46(79)44(77)50(27(3)86-55)93-59-49(82)53(41(74)33(24-70)90-59)95-58-47(80)51(84-9)39(72)31(22-68)89-58/h14,26-27,29-60,67-82H,10-13,15-25H2,1-9H3/t27-,29?,30-,31-,32-,33-,34-,35?,36-,37+,38-,39-,40-,41-,42+,43+,44-,45-,46-,47-,48-,49-,50-,51+,52+,53+,54-,55+,56+,57+,58+,59+,60+,63-,64+,65+,66?/m1/s1. The minimum absolute atomic E-state index is 0.0264. The Labute approximate surface area is 563 Å². The summed E-state index contributed by atoms with van der Waals surface area (Å²) >= 11 is 0. The molecule has 0 bridgehead atoms. The van der Waals surface area contributed by atoms with Crippen LogP contribution in [0.25, 0.3) is 0 Å². The van der Waals surface area contributed by atoms with E-state index in [4.69, 9.17) is 66.3 Å². The smallest absolute Gasteiger partial charge is 0.313 e. The van der Waals surface area contributed by atoms with E-state index in [1.807, 2.05) is 0 Å². The van der Waals surface area contributed by atoms with Crippen LogP contribution in [0.15, 0.2) is 11.6 Å². The van der Waals surface area contributed by atoms with E-state index in [9.17, 15) is 86.5 Å². The largest absolute Gasteiger partial charge is 0.459 e. The highest BCUT2D eigenvalue weighted by atomic mass is 16.8. The highest BCUT2D eigenvalue weighted by molar-refractivity contribution is 5.83.